The number of halogens is 2. The van der Waals surface area contributed by atoms with Gasteiger partial charge in [0.1, 0.15) is 40.7 Å². The Morgan fingerprint density at radius 2 is 1.96 bits per heavy atom. The third kappa shape index (κ3) is 2.94. The minimum Gasteiger partial charge on any atom is -0.394 e. The number of nitrogens with zero attached hydrogens (tertiary/aromatic N) is 1. The van der Waals surface area contributed by atoms with E-state index in [1.165, 1.54) is 22.6 Å². The van der Waals surface area contributed by atoms with Crippen LogP contribution in [0.25, 0.3) is 0 Å². The van der Waals surface area contributed by atoms with Crippen molar-refractivity contribution in [2.24, 2.45) is 0 Å². The lowest BCUT2D eigenvalue weighted by Crippen LogP contribution is -2.66. The summed E-state index contributed by atoms with van der Waals surface area (Å²) in [7, 11) is 0. The van der Waals surface area contributed by atoms with Crippen molar-refractivity contribution < 1.29 is 44.5 Å². The summed E-state index contributed by atoms with van der Waals surface area (Å²) < 4.78 is 25.1. The van der Waals surface area contributed by atoms with Gasteiger partial charge < -0.3 is 40.1 Å². The van der Waals surface area contributed by atoms with Crippen molar-refractivity contribution in [3.05, 3.63) is 33.1 Å². The SMILES string of the molecule is O=c1ccn([C@]2([C@H]3O[C@@H](C(O)I)[C@H](O)[C@H]3O)O[C@H](CO)[C@@H](O)[C@]2(O)F)c(=O)[nH]1. The third-order valence-corrected chi connectivity index (χ3v) is 5.61. The summed E-state index contributed by atoms with van der Waals surface area (Å²) in [6.07, 6.45) is -10.7. The number of ether oxygens (including phenoxy) is 2. The molecule has 0 saturated carbocycles. The second-order valence-corrected chi connectivity index (χ2v) is 7.79. The molecule has 12 nitrogen and oxygen atoms in total. The standard InChI is InChI=1S/C14H18FIN2O10/c15-13(26)9(23)4(3-19)28-14(13,18-2-1-5(20)17-12(18)25)10-7(22)6(21)8(27-10)11(16)24/h1-2,4,6-11,19,21-24,26H,3H2,(H,17,20,25)/t4-,6-,7-,8-,9-,10+,11?,13-,14-/m1/s1. The highest BCUT2D eigenvalue weighted by molar-refractivity contribution is 14.1. The summed E-state index contributed by atoms with van der Waals surface area (Å²) in [6, 6.07) is 0.781. The molecule has 14 heteroatoms. The van der Waals surface area contributed by atoms with Gasteiger partial charge in [0.05, 0.1) is 6.61 Å². The fourth-order valence-electron chi connectivity index (χ4n) is 3.54. The number of rotatable bonds is 4. The Kier molecular flexibility index (Phi) is 5.72. The minimum atomic E-state index is -3.83. The average Bonchev–Trinajstić information content (AvgIpc) is 3.02. The molecule has 2 aliphatic rings. The number of hydrogen-bond acceptors (Lipinski definition) is 10. The van der Waals surface area contributed by atoms with E-state index in [2.05, 4.69) is 0 Å². The van der Waals surface area contributed by atoms with Crippen LogP contribution in [0.4, 0.5) is 4.39 Å². The van der Waals surface area contributed by atoms with Gasteiger partial charge in [0.2, 0.25) is 5.72 Å². The van der Waals surface area contributed by atoms with Crippen molar-refractivity contribution in [1.82, 2.24) is 9.55 Å². The molecule has 1 aromatic heterocycles. The normalized spacial score (nSPS) is 44.7. The topological polar surface area (TPSA) is 195 Å². The summed E-state index contributed by atoms with van der Waals surface area (Å²) >= 11 is 1.45. The van der Waals surface area contributed by atoms with E-state index in [1.54, 1.807) is 0 Å². The van der Waals surface area contributed by atoms with E-state index >= 15 is 4.39 Å². The molecular formula is C14H18FIN2O10. The predicted octanol–water partition coefficient (Wildman–Crippen LogP) is -4.16. The van der Waals surface area contributed by atoms with Crippen LogP contribution in [0.3, 0.4) is 0 Å². The Balaban J connectivity index is 2.25. The van der Waals surface area contributed by atoms with Crippen LogP contribution < -0.4 is 11.2 Å². The van der Waals surface area contributed by atoms with Gasteiger partial charge in [-0.25, -0.2) is 9.18 Å². The first-order valence-electron chi connectivity index (χ1n) is 8.03. The Labute approximate surface area is 168 Å². The molecule has 0 amide bonds. The summed E-state index contributed by atoms with van der Waals surface area (Å²) in [6.45, 7) is -0.989. The summed E-state index contributed by atoms with van der Waals surface area (Å²) in [5, 5.41) is 60.2. The first kappa shape index (κ1) is 21.7. The molecule has 1 aromatic rings. The molecule has 158 valence electrons. The molecule has 0 aliphatic carbocycles. The van der Waals surface area contributed by atoms with Crippen molar-refractivity contribution in [3.63, 3.8) is 0 Å². The number of aliphatic hydroxyl groups is 6. The van der Waals surface area contributed by atoms with Crippen LogP contribution in [0.5, 0.6) is 0 Å². The van der Waals surface area contributed by atoms with E-state index in [0.717, 1.165) is 12.3 Å². The largest absolute Gasteiger partial charge is 0.394 e. The monoisotopic (exact) mass is 520 g/mol. The lowest BCUT2D eigenvalue weighted by molar-refractivity contribution is -0.309. The van der Waals surface area contributed by atoms with E-state index < -0.39 is 70.2 Å². The number of nitrogens with one attached hydrogen (secondary N) is 1. The second kappa shape index (κ2) is 7.37. The van der Waals surface area contributed by atoms with Crippen LogP contribution in [-0.4, -0.2) is 93.4 Å². The van der Waals surface area contributed by atoms with Gasteiger partial charge in [-0.05, 0) is 22.6 Å². The van der Waals surface area contributed by atoms with Crippen molar-refractivity contribution >= 4 is 22.6 Å². The number of aromatic nitrogens is 2. The van der Waals surface area contributed by atoms with Crippen LogP contribution in [-0.2, 0) is 15.2 Å². The van der Waals surface area contributed by atoms with Gasteiger partial charge in [-0.3, -0.25) is 14.3 Å². The van der Waals surface area contributed by atoms with E-state index in [9.17, 15) is 40.2 Å². The molecule has 2 saturated heterocycles. The summed E-state index contributed by atoms with van der Waals surface area (Å²) in [4.78, 5) is 25.5. The van der Waals surface area contributed by atoms with Gasteiger partial charge in [-0.15, -0.1) is 0 Å². The van der Waals surface area contributed by atoms with E-state index in [4.69, 9.17) is 9.47 Å². The van der Waals surface area contributed by atoms with Crippen LogP contribution in [0.2, 0.25) is 0 Å². The molecule has 3 heterocycles. The quantitative estimate of drug-likeness (QED) is 0.151. The van der Waals surface area contributed by atoms with Crippen molar-refractivity contribution in [1.29, 1.82) is 0 Å². The smallest absolute Gasteiger partial charge is 0.330 e. The fraction of sp³-hybridized carbons (Fsp3) is 0.714. The molecule has 2 aliphatic heterocycles. The highest BCUT2D eigenvalue weighted by Gasteiger charge is 2.75. The first-order valence-corrected chi connectivity index (χ1v) is 9.27. The number of aromatic amines is 1. The van der Waals surface area contributed by atoms with Crippen molar-refractivity contribution in [2.45, 2.75) is 52.3 Å². The number of H-pyrrole nitrogens is 1. The minimum absolute atomic E-state index is 0.343. The number of alkyl halides is 2. The molecule has 28 heavy (non-hydrogen) atoms. The highest BCUT2D eigenvalue weighted by Crippen LogP contribution is 2.50. The maximum absolute atomic E-state index is 15.5. The van der Waals surface area contributed by atoms with Gasteiger partial charge in [0, 0.05) is 12.3 Å². The van der Waals surface area contributed by atoms with Crippen LogP contribution in [0.15, 0.2) is 21.9 Å². The van der Waals surface area contributed by atoms with Crippen LogP contribution in [0.1, 0.15) is 0 Å². The molecule has 3 rings (SSSR count). The molecule has 0 radical (unpaired) electrons. The molecule has 2 fully saturated rings. The molecule has 0 aromatic carbocycles. The fourth-order valence-corrected chi connectivity index (χ4v) is 4.13. The van der Waals surface area contributed by atoms with Gasteiger partial charge in [-0.1, -0.05) is 0 Å². The van der Waals surface area contributed by atoms with E-state index in [0.29, 0.717) is 4.57 Å². The lowest BCUT2D eigenvalue weighted by Gasteiger charge is -2.41. The van der Waals surface area contributed by atoms with Gasteiger partial charge in [-0.2, -0.15) is 0 Å². The Hall–Kier alpha value is -0.980. The van der Waals surface area contributed by atoms with Crippen LogP contribution >= 0.6 is 22.6 Å². The highest BCUT2D eigenvalue weighted by atomic mass is 127. The third-order valence-electron chi connectivity index (χ3n) is 4.90. The number of hydrogen-bond donors (Lipinski definition) is 7. The zero-order chi connectivity index (χ0) is 21.0. The Morgan fingerprint density at radius 1 is 1.32 bits per heavy atom. The zero-order valence-electron chi connectivity index (χ0n) is 13.9. The van der Waals surface area contributed by atoms with E-state index in [1.807, 2.05) is 4.98 Å². The molecular weight excluding hydrogens is 502 g/mol. The van der Waals surface area contributed by atoms with Gasteiger partial charge in [0.15, 0.2) is 0 Å². The van der Waals surface area contributed by atoms with Gasteiger partial charge >= 0.3 is 5.69 Å². The first-order chi connectivity index (χ1) is 13.0. The molecule has 0 spiro atoms. The maximum Gasteiger partial charge on any atom is 0.330 e. The second-order valence-electron chi connectivity index (χ2n) is 6.51. The molecule has 0 bridgehead atoms. The molecule has 9 atom stereocenters. The maximum atomic E-state index is 15.5. The van der Waals surface area contributed by atoms with Gasteiger partial charge in [0.25, 0.3) is 11.4 Å². The van der Waals surface area contributed by atoms with Crippen molar-refractivity contribution in [3.8, 4) is 0 Å². The molecule has 7 N–H and O–H groups in total. The Morgan fingerprint density at radius 3 is 2.43 bits per heavy atom. The number of aliphatic hydroxyl groups excluding tert-OH is 5. The predicted molar refractivity (Wildman–Crippen MR) is 94.0 cm³/mol. The van der Waals surface area contributed by atoms with Crippen LogP contribution in [0, 0.1) is 0 Å². The Bertz CT molecular complexity index is 846. The lowest BCUT2D eigenvalue weighted by atomic mass is 9.90. The van der Waals surface area contributed by atoms with E-state index in [-0.39, 0.29) is 0 Å². The average molecular weight is 520 g/mol. The summed E-state index contributed by atoms with van der Waals surface area (Å²) in [5.41, 5.74) is -5.19. The van der Waals surface area contributed by atoms with Crippen molar-refractivity contribution in [2.75, 3.05) is 6.61 Å². The molecule has 1 unspecified atom stereocenters. The summed E-state index contributed by atoms with van der Waals surface area (Å²) in [5.74, 6) is -3.83. The zero-order valence-corrected chi connectivity index (χ0v) is 16.1.